The SMILES string of the molecule is O=C(CSc1nnc(-c2ccco2)n1-c1ccccc1Cl)Nc1ccncc1. The first kappa shape index (κ1) is 18.3. The van der Waals surface area contributed by atoms with E-state index < -0.39 is 0 Å². The minimum absolute atomic E-state index is 0.156. The highest BCUT2D eigenvalue weighted by Crippen LogP contribution is 2.31. The van der Waals surface area contributed by atoms with E-state index in [0.29, 0.717) is 33.1 Å². The number of para-hydroxylation sites is 1. The van der Waals surface area contributed by atoms with Crippen molar-refractivity contribution in [2.45, 2.75) is 5.16 Å². The Balaban J connectivity index is 1.61. The third kappa shape index (κ3) is 3.92. The number of halogens is 1. The van der Waals surface area contributed by atoms with E-state index >= 15 is 0 Å². The maximum absolute atomic E-state index is 12.3. The van der Waals surface area contributed by atoms with Crippen LogP contribution in [0.3, 0.4) is 0 Å². The van der Waals surface area contributed by atoms with Crippen molar-refractivity contribution in [3.63, 3.8) is 0 Å². The van der Waals surface area contributed by atoms with E-state index in [-0.39, 0.29) is 11.7 Å². The maximum atomic E-state index is 12.3. The largest absolute Gasteiger partial charge is 0.461 e. The van der Waals surface area contributed by atoms with Crippen molar-refractivity contribution in [3.05, 3.63) is 72.2 Å². The van der Waals surface area contributed by atoms with Crippen LogP contribution < -0.4 is 5.32 Å². The molecule has 28 heavy (non-hydrogen) atoms. The van der Waals surface area contributed by atoms with Gasteiger partial charge < -0.3 is 9.73 Å². The predicted octanol–water partition coefficient (Wildman–Crippen LogP) is 4.31. The molecule has 0 saturated carbocycles. The van der Waals surface area contributed by atoms with Crippen LogP contribution in [-0.4, -0.2) is 31.4 Å². The summed E-state index contributed by atoms with van der Waals surface area (Å²) < 4.78 is 7.26. The second-order valence-corrected chi connectivity index (χ2v) is 6.99. The molecule has 4 rings (SSSR count). The van der Waals surface area contributed by atoms with Gasteiger partial charge in [0.2, 0.25) is 11.7 Å². The quantitative estimate of drug-likeness (QED) is 0.476. The Morgan fingerprint density at radius 1 is 1.11 bits per heavy atom. The van der Waals surface area contributed by atoms with Crippen LogP contribution in [0.1, 0.15) is 0 Å². The van der Waals surface area contributed by atoms with Crippen molar-refractivity contribution in [1.29, 1.82) is 0 Å². The molecule has 7 nitrogen and oxygen atoms in total. The lowest BCUT2D eigenvalue weighted by atomic mass is 10.3. The zero-order valence-electron chi connectivity index (χ0n) is 14.4. The molecule has 0 atom stereocenters. The predicted molar refractivity (Wildman–Crippen MR) is 108 cm³/mol. The van der Waals surface area contributed by atoms with E-state index in [1.54, 1.807) is 53.6 Å². The van der Waals surface area contributed by atoms with Gasteiger partial charge in [0.15, 0.2) is 10.9 Å². The Morgan fingerprint density at radius 3 is 2.68 bits per heavy atom. The number of aromatic nitrogens is 4. The average molecular weight is 412 g/mol. The second-order valence-electron chi connectivity index (χ2n) is 5.64. The minimum atomic E-state index is -0.163. The van der Waals surface area contributed by atoms with Gasteiger partial charge in [0.1, 0.15) is 0 Å². The third-order valence-corrected chi connectivity index (χ3v) is 5.01. The van der Waals surface area contributed by atoms with Crippen molar-refractivity contribution in [2.24, 2.45) is 0 Å². The number of furan rings is 1. The molecule has 0 fully saturated rings. The molecule has 140 valence electrons. The zero-order valence-corrected chi connectivity index (χ0v) is 16.0. The monoisotopic (exact) mass is 411 g/mol. The Hall–Kier alpha value is -3.10. The summed E-state index contributed by atoms with van der Waals surface area (Å²) in [7, 11) is 0. The first-order valence-corrected chi connectivity index (χ1v) is 9.65. The van der Waals surface area contributed by atoms with Crippen LogP contribution in [-0.2, 0) is 4.79 Å². The van der Waals surface area contributed by atoms with Crippen molar-refractivity contribution < 1.29 is 9.21 Å². The van der Waals surface area contributed by atoms with E-state index in [2.05, 4.69) is 20.5 Å². The number of benzene rings is 1. The van der Waals surface area contributed by atoms with Gasteiger partial charge in [0.25, 0.3) is 0 Å². The normalized spacial score (nSPS) is 10.8. The lowest BCUT2D eigenvalue weighted by Crippen LogP contribution is -2.14. The molecule has 3 aromatic heterocycles. The Bertz CT molecular complexity index is 1080. The highest BCUT2D eigenvalue weighted by molar-refractivity contribution is 7.99. The number of pyridine rings is 1. The van der Waals surface area contributed by atoms with E-state index in [4.69, 9.17) is 16.0 Å². The van der Waals surface area contributed by atoms with Gasteiger partial charge in [0, 0.05) is 18.1 Å². The van der Waals surface area contributed by atoms with Crippen molar-refractivity contribution in [2.75, 3.05) is 11.1 Å². The van der Waals surface area contributed by atoms with Gasteiger partial charge in [-0.15, -0.1) is 10.2 Å². The molecular formula is C19H14ClN5O2S. The fourth-order valence-electron chi connectivity index (χ4n) is 2.54. The lowest BCUT2D eigenvalue weighted by molar-refractivity contribution is -0.113. The smallest absolute Gasteiger partial charge is 0.234 e. The van der Waals surface area contributed by atoms with Gasteiger partial charge in [-0.1, -0.05) is 35.5 Å². The van der Waals surface area contributed by atoms with E-state index in [1.165, 1.54) is 11.8 Å². The number of rotatable bonds is 6. The number of amides is 1. The number of carbonyl (C=O) groups excluding carboxylic acids is 1. The first-order chi connectivity index (χ1) is 13.7. The van der Waals surface area contributed by atoms with E-state index in [9.17, 15) is 4.79 Å². The van der Waals surface area contributed by atoms with Gasteiger partial charge in [-0.05, 0) is 36.4 Å². The highest BCUT2D eigenvalue weighted by Gasteiger charge is 2.20. The molecule has 1 aromatic carbocycles. The summed E-state index contributed by atoms with van der Waals surface area (Å²) in [6.07, 6.45) is 4.80. The summed E-state index contributed by atoms with van der Waals surface area (Å²) in [6.45, 7) is 0. The molecular weight excluding hydrogens is 398 g/mol. The average Bonchev–Trinajstić information content (AvgIpc) is 3.37. The molecule has 3 heterocycles. The molecule has 4 aromatic rings. The van der Waals surface area contributed by atoms with Gasteiger partial charge in [-0.3, -0.25) is 14.3 Å². The molecule has 0 aliphatic heterocycles. The zero-order chi connectivity index (χ0) is 19.3. The summed E-state index contributed by atoms with van der Waals surface area (Å²) >= 11 is 7.65. The second kappa shape index (κ2) is 8.28. The van der Waals surface area contributed by atoms with Gasteiger partial charge in [-0.2, -0.15) is 0 Å². The standard InChI is InChI=1S/C19H14ClN5O2S/c20-14-4-1-2-5-15(14)25-18(16-6-3-11-27-16)23-24-19(25)28-12-17(26)22-13-7-9-21-10-8-13/h1-11H,12H2,(H,21,22,26). The molecule has 0 aliphatic carbocycles. The molecule has 0 unspecified atom stereocenters. The molecule has 1 amide bonds. The van der Waals surface area contributed by atoms with Crippen LogP contribution in [0.25, 0.3) is 17.3 Å². The Morgan fingerprint density at radius 2 is 1.93 bits per heavy atom. The fraction of sp³-hybridized carbons (Fsp3) is 0.0526. The number of thioether (sulfide) groups is 1. The van der Waals surface area contributed by atoms with Crippen LogP contribution in [0, 0.1) is 0 Å². The van der Waals surface area contributed by atoms with Gasteiger partial charge in [0.05, 0.1) is 22.7 Å². The number of hydrogen-bond donors (Lipinski definition) is 1. The van der Waals surface area contributed by atoms with Crippen molar-refractivity contribution in [3.8, 4) is 17.3 Å². The minimum Gasteiger partial charge on any atom is -0.461 e. The third-order valence-electron chi connectivity index (χ3n) is 3.76. The number of nitrogens with one attached hydrogen (secondary N) is 1. The van der Waals surface area contributed by atoms with Crippen LogP contribution in [0.15, 0.2) is 76.8 Å². The van der Waals surface area contributed by atoms with Crippen molar-refractivity contribution >= 4 is 35.0 Å². The maximum Gasteiger partial charge on any atom is 0.234 e. The Labute approximate surface area is 169 Å². The molecule has 0 aliphatic rings. The molecule has 9 heteroatoms. The fourth-order valence-corrected chi connectivity index (χ4v) is 3.51. The molecule has 0 spiro atoms. The van der Waals surface area contributed by atoms with E-state index in [0.717, 1.165) is 0 Å². The van der Waals surface area contributed by atoms with Gasteiger partial charge in [-0.25, -0.2) is 0 Å². The summed E-state index contributed by atoms with van der Waals surface area (Å²) in [6, 6.07) is 14.4. The molecule has 0 radical (unpaired) electrons. The number of hydrogen-bond acceptors (Lipinski definition) is 6. The van der Waals surface area contributed by atoms with Crippen LogP contribution in [0.5, 0.6) is 0 Å². The molecule has 1 N–H and O–H groups in total. The first-order valence-electron chi connectivity index (χ1n) is 8.29. The van der Waals surface area contributed by atoms with Gasteiger partial charge >= 0.3 is 0 Å². The molecule has 0 saturated heterocycles. The van der Waals surface area contributed by atoms with Crippen molar-refractivity contribution in [1.82, 2.24) is 19.7 Å². The Kier molecular flexibility index (Phi) is 5.41. The number of carbonyl (C=O) groups is 1. The number of nitrogens with zero attached hydrogens (tertiary/aromatic N) is 4. The number of anilines is 1. The van der Waals surface area contributed by atoms with Crippen LogP contribution in [0.2, 0.25) is 5.02 Å². The summed E-state index contributed by atoms with van der Waals surface area (Å²) in [5.74, 6) is 1.06. The van der Waals surface area contributed by atoms with E-state index in [1.807, 2.05) is 18.2 Å². The highest BCUT2D eigenvalue weighted by atomic mass is 35.5. The summed E-state index contributed by atoms with van der Waals surface area (Å²) in [5.41, 5.74) is 1.39. The molecule has 0 bridgehead atoms. The summed E-state index contributed by atoms with van der Waals surface area (Å²) in [5, 5.41) is 12.4. The topological polar surface area (TPSA) is 85.8 Å². The summed E-state index contributed by atoms with van der Waals surface area (Å²) in [4.78, 5) is 16.2. The lowest BCUT2D eigenvalue weighted by Gasteiger charge is -2.11. The van der Waals surface area contributed by atoms with Crippen LogP contribution >= 0.6 is 23.4 Å². The van der Waals surface area contributed by atoms with Crippen LogP contribution in [0.4, 0.5) is 5.69 Å².